The molecule has 0 bridgehead atoms. The Kier molecular flexibility index (Phi) is 9.04. The van der Waals surface area contributed by atoms with Gasteiger partial charge in [0.15, 0.2) is 5.16 Å². The number of nitrogens with one attached hydrogen (secondary N) is 2. The number of hydrogen-bond donors (Lipinski definition) is 2. The average molecular weight is 479 g/mol. The van der Waals surface area contributed by atoms with Crippen LogP contribution >= 0.6 is 11.8 Å². The third-order valence-corrected chi connectivity index (χ3v) is 6.43. The third kappa shape index (κ3) is 6.81. The lowest BCUT2D eigenvalue weighted by molar-refractivity contribution is -0.116. The second-order valence-corrected chi connectivity index (χ2v) is 8.78. The maximum Gasteiger partial charge on any atom is 0.254 e. The molecule has 2 aromatic carbocycles. The summed E-state index contributed by atoms with van der Waals surface area (Å²) in [6.45, 7) is 6.97. The van der Waals surface area contributed by atoms with Gasteiger partial charge in [-0.25, -0.2) is 4.98 Å². The van der Waals surface area contributed by atoms with Crippen LogP contribution in [0.4, 0.5) is 5.69 Å². The number of H-pyrrole nitrogens is 1. The minimum absolute atomic E-state index is 0.0320. The summed E-state index contributed by atoms with van der Waals surface area (Å²) >= 11 is 1.47. The highest BCUT2D eigenvalue weighted by Gasteiger charge is 2.14. The van der Waals surface area contributed by atoms with Crippen LogP contribution in [0.5, 0.6) is 0 Å². The van der Waals surface area contributed by atoms with E-state index in [0.29, 0.717) is 52.9 Å². The van der Waals surface area contributed by atoms with Gasteiger partial charge in [0.05, 0.1) is 0 Å². The lowest BCUT2D eigenvalue weighted by atomic mass is 10.1. The van der Waals surface area contributed by atoms with E-state index in [0.717, 1.165) is 5.56 Å². The maximum atomic E-state index is 12.6. The van der Waals surface area contributed by atoms with Crippen molar-refractivity contribution < 1.29 is 9.59 Å². The van der Waals surface area contributed by atoms with Crippen LogP contribution in [0.3, 0.4) is 0 Å². The van der Waals surface area contributed by atoms with Gasteiger partial charge in [0.2, 0.25) is 5.91 Å². The zero-order valence-corrected chi connectivity index (χ0v) is 20.6. The van der Waals surface area contributed by atoms with Gasteiger partial charge in [-0.15, -0.1) is 0 Å². The van der Waals surface area contributed by atoms with Gasteiger partial charge in [0, 0.05) is 47.8 Å². The number of thioether (sulfide) groups is 1. The van der Waals surface area contributed by atoms with E-state index in [1.807, 2.05) is 44.2 Å². The molecule has 3 rings (SSSR count). The highest BCUT2D eigenvalue weighted by atomic mass is 32.2. The fraction of sp³-hybridized carbons (Fsp3) is 0.308. The lowest BCUT2D eigenvalue weighted by Crippen LogP contribution is -2.30. The van der Waals surface area contributed by atoms with E-state index < -0.39 is 0 Å². The molecule has 0 aliphatic carbocycles. The van der Waals surface area contributed by atoms with E-state index in [-0.39, 0.29) is 23.8 Å². The first-order chi connectivity index (χ1) is 16.4. The number of carbonyl (C=O) groups is 2. The molecule has 34 heavy (non-hydrogen) atoms. The summed E-state index contributed by atoms with van der Waals surface area (Å²) in [5.74, 6) is 0.476. The molecule has 1 heterocycles. The maximum absolute atomic E-state index is 12.6. The zero-order valence-electron chi connectivity index (χ0n) is 19.8. The summed E-state index contributed by atoms with van der Waals surface area (Å²) in [6, 6.07) is 16.8. The molecular formula is C26H30N4O3S. The molecule has 0 radical (unpaired) electrons. The van der Waals surface area contributed by atoms with Crippen LogP contribution < -0.4 is 10.9 Å². The van der Waals surface area contributed by atoms with Gasteiger partial charge < -0.3 is 15.2 Å². The van der Waals surface area contributed by atoms with Gasteiger partial charge in [0.25, 0.3) is 11.5 Å². The smallest absolute Gasteiger partial charge is 0.254 e. The molecular weight excluding hydrogens is 448 g/mol. The second-order valence-electron chi connectivity index (χ2n) is 7.81. The molecule has 7 nitrogen and oxygen atoms in total. The number of aromatic nitrogens is 2. The number of amides is 2. The van der Waals surface area contributed by atoms with E-state index in [4.69, 9.17) is 0 Å². The summed E-state index contributed by atoms with van der Waals surface area (Å²) < 4.78 is 0. The number of hydrogen-bond acceptors (Lipinski definition) is 5. The SMILES string of the molecule is CCN(CC)C(=O)c1ccc(NC(=O)CCc2c(C)nc(SCc3ccccc3)[nH]c2=O)cc1. The number of aromatic amines is 1. The van der Waals surface area contributed by atoms with Gasteiger partial charge in [0.1, 0.15) is 0 Å². The van der Waals surface area contributed by atoms with E-state index >= 15 is 0 Å². The highest BCUT2D eigenvalue weighted by Crippen LogP contribution is 2.19. The fourth-order valence-electron chi connectivity index (χ4n) is 3.52. The van der Waals surface area contributed by atoms with Crippen molar-refractivity contribution in [1.82, 2.24) is 14.9 Å². The molecule has 0 aliphatic heterocycles. The molecule has 0 spiro atoms. The molecule has 0 saturated carbocycles. The summed E-state index contributed by atoms with van der Waals surface area (Å²) in [7, 11) is 0. The predicted molar refractivity (Wildman–Crippen MR) is 136 cm³/mol. The fourth-order valence-corrected chi connectivity index (χ4v) is 4.39. The van der Waals surface area contributed by atoms with Crippen molar-refractivity contribution in [2.45, 2.75) is 44.5 Å². The summed E-state index contributed by atoms with van der Waals surface area (Å²) in [5.41, 5.74) is 3.28. The number of benzene rings is 2. The molecule has 2 N–H and O–H groups in total. The van der Waals surface area contributed by atoms with Crippen molar-refractivity contribution in [2.24, 2.45) is 0 Å². The van der Waals surface area contributed by atoms with Crippen LogP contribution in [0.15, 0.2) is 64.5 Å². The molecule has 2 amide bonds. The number of aryl methyl sites for hydroxylation is 1. The van der Waals surface area contributed by atoms with Gasteiger partial charge in [-0.2, -0.15) is 0 Å². The zero-order chi connectivity index (χ0) is 24.5. The first kappa shape index (κ1) is 25.2. The lowest BCUT2D eigenvalue weighted by Gasteiger charge is -2.18. The number of anilines is 1. The van der Waals surface area contributed by atoms with Crippen molar-refractivity contribution in [2.75, 3.05) is 18.4 Å². The van der Waals surface area contributed by atoms with E-state index in [9.17, 15) is 14.4 Å². The van der Waals surface area contributed by atoms with Crippen LogP contribution in [0, 0.1) is 6.92 Å². The standard InChI is InChI=1S/C26H30N4O3S/c1-4-30(5-2)25(33)20-11-13-21(14-12-20)28-23(31)16-15-22-18(3)27-26(29-24(22)32)34-17-19-9-7-6-8-10-19/h6-14H,4-5,15-17H2,1-3H3,(H,28,31)(H,27,29,32). The molecule has 3 aromatic rings. The van der Waals surface area contributed by atoms with Gasteiger partial charge >= 0.3 is 0 Å². The normalized spacial score (nSPS) is 10.7. The second kappa shape index (κ2) is 12.2. The molecule has 1 aromatic heterocycles. The molecule has 0 saturated heterocycles. The van der Waals surface area contributed by atoms with Gasteiger partial charge in [-0.1, -0.05) is 42.1 Å². The Bertz CT molecular complexity index is 1170. The van der Waals surface area contributed by atoms with E-state index in [1.54, 1.807) is 36.1 Å². The number of rotatable bonds is 10. The molecule has 0 unspecified atom stereocenters. The molecule has 0 aliphatic rings. The summed E-state index contributed by atoms with van der Waals surface area (Å²) in [4.78, 5) is 46.5. The Labute approximate surface area is 204 Å². The van der Waals surface area contributed by atoms with Crippen LogP contribution in [-0.4, -0.2) is 39.8 Å². The Morgan fingerprint density at radius 1 is 1.03 bits per heavy atom. The van der Waals surface area contributed by atoms with Crippen LogP contribution in [-0.2, 0) is 17.0 Å². The minimum Gasteiger partial charge on any atom is -0.339 e. The van der Waals surface area contributed by atoms with Crippen LogP contribution in [0.2, 0.25) is 0 Å². The topological polar surface area (TPSA) is 95.2 Å². The first-order valence-electron chi connectivity index (χ1n) is 11.4. The predicted octanol–water partition coefficient (Wildman–Crippen LogP) is 4.42. The van der Waals surface area contributed by atoms with Crippen molar-refractivity contribution >= 4 is 29.3 Å². The highest BCUT2D eigenvalue weighted by molar-refractivity contribution is 7.98. The van der Waals surface area contributed by atoms with Crippen molar-refractivity contribution in [3.8, 4) is 0 Å². The quantitative estimate of drug-likeness (QED) is 0.332. The van der Waals surface area contributed by atoms with Gasteiger partial charge in [-0.3, -0.25) is 14.4 Å². The number of carbonyl (C=O) groups excluding carboxylic acids is 2. The monoisotopic (exact) mass is 478 g/mol. The minimum atomic E-state index is -0.213. The summed E-state index contributed by atoms with van der Waals surface area (Å²) in [5, 5.41) is 3.39. The average Bonchev–Trinajstić information content (AvgIpc) is 2.84. The first-order valence-corrected chi connectivity index (χ1v) is 12.4. The van der Waals surface area contributed by atoms with Crippen molar-refractivity contribution in [3.05, 3.63) is 87.3 Å². The van der Waals surface area contributed by atoms with Crippen LogP contribution in [0.25, 0.3) is 0 Å². The van der Waals surface area contributed by atoms with E-state index in [1.165, 1.54) is 11.8 Å². The molecule has 8 heteroatoms. The van der Waals surface area contributed by atoms with E-state index in [2.05, 4.69) is 15.3 Å². The molecule has 178 valence electrons. The molecule has 0 atom stereocenters. The van der Waals surface area contributed by atoms with Crippen molar-refractivity contribution in [3.63, 3.8) is 0 Å². The Morgan fingerprint density at radius 2 is 1.71 bits per heavy atom. The van der Waals surface area contributed by atoms with Crippen LogP contribution in [0.1, 0.15) is 47.4 Å². The number of nitrogens with zero attached hydrogens (tertiary/aromatic N) is 2. The summed E-state index contributed by atoms with van der Waals surface area (Å²) in [6.07, 6.45) is 0.449. The van der Waals surface area contributed by atoms with Gasteiger partial charge in [-0.05, 0) is 57.0 Å². The Balaban J connectivity index is 1.55. The molecule has 0 fully saturated rings. The third-order valence-electron chi connectivity index (χ3n) is 5.49. The Hall–Kier alpha value is -3.39. The van der Waals surface area contributed by atoms with Crippen molar-refractivity contribution in [1.29, 1.82) is 0 Å². The largest absolute Gasteiger partial charge is 0.339 e. The Morgan fingerprint density at radius 3 is 2.32 bits per heavy atom.